The lowest BCUT2D eigenvalue weighted by Gasteiger charge is -2.11. The van der Waals surface area contributed by atoms with Gasteiger partial charge in [0.25, 0.3) is 0 Å². The van der Waals surface area contributed by atoms with Crippen molar-refractivity contribution in [2.24, 2.45) is 0 Å². The van der Waals surface area contributed by atoms with E-state index in [4.69, 9.17) is 0 Å². The van der Waals surface area contributed by atoms with Gasteiger partial charge in [-0.25, -0.2) is 0 Å². The van der Waals surface area contributed by atoms with Gasteiger partial charge in [-0.3, -0.25) is 0 Å². The van der Waals surface area contributed by atoms with Gasteiger partial charge in [0, 0.05) is 12.7 Å². The average Bonchev–Trinajstić information content (AvgIpc) is 2.48. The SMILES string of the molecule is C=C(/C=C\c1ccccc1NC)c1cc(C)cc(C)c1C. The van der Waals surface area contributed by atoms with Crippen LogP contribution in [-0.4, -0.2) is 7.05 Å². The normalized spacial score (nSPS) is 10.9. The van der Waals surface area contributed by atoms with E-state index >= 15 is 0 Å². The molecule has 0 amide bonds. The van der Waals surface area contributed by atoms with Crippen LogP contribution in [0.25, 0.3) is 11.6 Å². The monoisotopic (exact) mass is 277 g/mol. The lowest BCUT2D eigenvalue weighted by molar-refractivity contribution is 1.28. The molecule has 108 valence electrons. The van der Waals surface area contributed by atoms with Crippen LogP contribution in [0.2, 0.25) is 0 Å². The number of anilines is 1. The summed E-state index contributed by atoms with van der Waals surface area (Å²) in [6.45, 7) is 10.7. The average molecular weight is 277 g/mol. The number of rotatable bonds is 4. The van der Waals surface area contributed by atoms with E-state index in [2.05, 4.69) is 69.1 Å². The molecule has 0 radical (unpaired) electrons. The standard InChI is InChI=1S/C20H23N/c1-14-12-16(3)17(4)19(13-14)15(2)10-11-18-8-6-7-9-20(18)21-5/h6-13,21H,2H2,1,3-5H3/b11-10-. The number of para-hydroxylation sites is 1. The second-order valence-electron chi connectivity index (χ2n) is 5.45. The molecule has 2 rings (SSSR count). The maximum absolute atomic E-state index is 4.23. The van der Waals surface area contributed by atoms with Crippen LogP contribution in [0.4, 0.5) is 5.69 Å². The number of hydrogen-bond donors (Lipinski definition) is 1. The number of benzene rings is 2. The molecule has 2 aromatic rings. The predicted octanol–water partition coefficient (Wildman–Crippen LogP) is 5.38. The first kappa shape index (κ1) is 15.1. The van der Waals surface area contributed by atoms with Crippen molar-refractivity contribution in [2.45, 2.75) is 20.8 Å². The molecule has 0 bridgehead atoms. The van der Waals surface area contributed by atoms with Crippen molar-refractivity contribution < 1.29 is 0 Å². The molecule has 2 aromatic carbocycles. The van der Waals surface area contributed by atoms with Crippen LogP contribution in [0.5, 0.6) is 0 Å². The van der Waals surface area contributed by atoms with Gasteiger partial charge in [-0.2, -0.15) is 0 Å². The minimum Gasteiger partial charge on any atom is -0.388 e. The van der Waals surface area contributed by atoms with E-state index in [1.807, 2.05) is 19.2 Å². The topological polar surface area (TPSA) is 12.0 Å². The Kier molecular flexibility index (Phi) is 4.64. The first-order chi connectivity index (χ1) is 10.0. The summed E-state index contributed by atoms with van der Waals surface area (Å²) < 4.78 is 0. The quantitative estimate of drug-likeness (QED) is 0.740. The van der Waals surface area contributed by atoms with Crippen molar-refractivity contribution in [3.63, 3.8) is 0 Å². The van der Waals surface area contributed by atoms with Gasteiger partial charge in [0.1, 0.15) is 0 Å². The van der Waals surface area contributed by atoms with Crippen LogP contribution in [0, 0.1) is 20.8 Å². The molecule has 1 N–H and O–H groups in total. The summed E-state index contributed by atoms with van der Waals surface area (Å²) in [7, 11) is 1.94. The van der Waals surface area contributed by atoms with Gasteiger partial charge in [0.2, 0.25) is 0 Å². The number of aryl methyl sites for hydroxylation is 2. The molecule has 0 saturated carbocycles. The molecule has 0 atom stereocenters. The number of hydrogen-bond acceptors (Lipinski definition) is 1. The molecule has 0 fully saturated rings. The molecule has 21 heavy (non-hydrogen) atoms. The zero-order valence-corrected chi connectivity index (χ0v) is 13.3. The summed E-state index contributed by atoms with van der Waals surface area (Å²) >= 11 is 0. The summed E-state index contributed by atoms with van der Waals surface area (Å²) in [5, 5.41) is 3.21. The van der Waals surface area contributed by atoms with E-state index in [0.717, 1.165) is 11.3 Å². The van der Waals surface area contributed by atoms with Crippen molar-refractivity contribution in [3.05, 3.63) is 76.9 Å². The lowest BCUT2D eigenvalue weighted by atomic mass is 9.95. The van der Waals surface area contributed by atoms with E-state index < -0.39 is 0 Å². The van der Waals surface area contributed by atoms with Gasteiger partial charge < -0.3 is 5.32 Å². The molecule has 0 heterocycles. The van der Waals surface area contributed by atoms with Crippen LogP contribution < -0.4 is 5.32 Å². The molecule has 0 saturated heterocycles. The third-order valence-corrected chi connectivity index (χ3v) is 3.85. The lowest BCUT2D eigenvalue weighted by Crippen LogP contribution is -1.92. The van der Waals surface area contributed by atoms with Crippen LogP contribution in [0.15, 0.2) is 49.1 Å². The van der Waals surface area contributed by atoms with Crippen molar-refractivity contribution in [3.8, 4) is 0 Å². The van der Waals surface area contributed by atoms with E-state index in [1.54, 1.807) is 0 Å². The van der Waals surface area contributed by atoms with Gasteiger partial charge in [-0.05, 0) is 54.7 Å². The highest BCUT2D eigenvalue weighted by Crippen LogP contribution is 2.25. The van der Waals surface area contributed by atoms with E-state index in [-0.39, 0.29) is 0 Å². The van der Waals surface area contributed by atoms with Crippen LogP contribution in [0.1, 0.15) is 27.8 Å². The molecular weight excluding hydrogens is 254 g/mol. The van der Waals surface area contributed by atoms with Crippen LogP contribution >= 0.6 is 0 Å². The molecule has 0 aliphatic heterocycles. The van der Waals surface area contributed by atoms with Gasteiger partial charge in [0.15, 0.2) is 0 Å². The van der Waals surface area contributed by atoms with Gasteiger partial charge in [-0.15, -0.1) is 0 Å². The highest BCUT2D eigenvalue weighted by Gasteiger charge is 2.04. The Labute approximate surface area is 128 Å². The van der Waals surface area contributed by atoms with Crippen LogP contribution in [-0.2, 0) is 0 Å². The molecule has 1 heteroatoms. The molecule has 0 aliphatic carbocycles. The fraction of sp³-hybridized carbons (Fsp3) is 0.200. The molecule has 0 spiro atoms. The van der Waals surface area contributed by atoms with Crippen molar-refractivity contribution in [2.75, 3.05) is 12.4 Å². The molecule has 1 nitrogen and oxygen atoms in total. The van der Waals surface area contributed by atoms with E-state index in [9.17, 15) is 0 Å². The van der Waals surface area contributed by atoms with E-state index in [1.165, 1.54) is 27.8 Å². The minimum atomic E-state index is 1.05. The minimum absolute atomic E-state index is 1.05. The Morgan fingerprint density at radius 2 is 1.81 bits per heavy atom. The maximum atomic E-state index is 4.23. The first-order valence-corrected chi connectivity index (χ1v) is 7.25. The van der Waals surface area contributed by atoms with Gasteiger partial charge >= 0.3 is 0 Å². The summed E-state index contributed by atoms with van der Waals surface area (Å²) in [4.78, 5) is 0. The highest BCUT2D eigenvalue weighted by molar-refractivity contribution is 5.81. The Bertz CT molecular complexity index is 693. The summed E-state index contributed by atoms with van der Waals surface area (Å²) in [5.74, 6) is 0. The van der Waals surface area contributed by atoms with E-state index in [0.29, 0.717) is 0 Å². The fourth-order valence-corrected chi connectivity index (χ4v) is 2.52. The second-order valence-corrected chi connectivity index (χ2v) is 5.45. The zero-order chi connectivity index (χ0) is 15.4. The molecular formula is C20H23N. The largest absolute Gasteiger partial charge is 0.388 e. The van der Waals surface area contributed by atoms with Crippen molar-refractivity contribution in [1.29, 1.82) is 0 Å². The van der Waals surface area contributed by atoms with Crippen molar-refractivity contribution in [1.82, 2.24) is 0 Å². The summed E-state index contributed by atoms with van der Waals surface area (Å²) in [6.07, 6.45) is 4.21. The van der Waals surface area contributed by atoms with Crippen molar-refractivity contribution >= 4 is 17.3 Å². The highest BCUT2D eigenvalue weighted by atomic mass is 14.8. The summed E-state index contributed by atoms with van der Waals surface area (Å²) in [5.41, 5.74) is 8.46. The predicted molar refractivity (Wildman–Crippen MR) is 94.7 cm³/mol. The first-order valence-electron chi connectivity index (χ1n) is 7.25. The Morgan fingerprint density at radius 1 is 1.10 bits per heavy atom. The zero-order valence-electron chi connectivity index (χ0n) is 13.3. The maximum Gasteiger partial charge on any atom is 0.0411 e. The van der Waals surface area contributed by atoms with Gasteiger partial charge in [-0.1, -0.05) is 54.6 Å². The van der Waals surface area contributed by atoms with Gasteiger partial charge in [0.05, 0.1) is 0 Å². The fourth-order valence-electron chi connectivity index (χ4n) is 2.52. The number of allylic oxidation sites excluding steroid dienone is 2. The molecule has 0 aliphatic rings. The third-order valence-electron chi connectivity index (χ3n) is 3.85. The Hall–Kier alpha value is -2.28. The smallest absolute Gasteiger partial charge is 0.0411 e. The molecule has 0 aromatic heterocycles. The third kappa shape index (κ3) is 3.43. The summed E-state index contributed by atoms with van der Waals surface area (Å²) in [6, 6.07) is 12.7. The Balaban J connectivity index is 2.32. The number of nitrogens with one attached hydrogen (secondary N) is 1. The second kappa shape index (κ2) is 6.45. The molecule has 0 unspecified atom stereocenters. The Morgan fingerprint density at radius 3 is 2.52 bits per heavy atom. The van der Waals surface area contributed by atoms with Crippen LogP contribution in [0.3, 0.4) is 0 Å².